The maximum atomic E-state index is 10.3. The van der Waals surface area contributed by atoms with Crippen molar-refractivity contribution in [1.29, 1.82) is 0 Å². The summed E-state index contributed by atoms with van der Waals surface area (Å²) in [7, 11) is -0.302. The summed E-state index contributed by atoms with van der Waals surface area (Å²) in [6.45, 7) is 0. The average Bonchev–Trinajstić information content (AvgIpc) is 2.20. The van der Waals surface area contributed by atoms with Gasteiger partial charge in [0.05, 0.1) is 0 Å². The number of amidine groups is 1. The Morgan fingerprint density at radius 1 is 1.53 bits per heavy atom. The molecule has 0 rings (SSSR count). The van der Waals surface area contributed by atoms with Crippen molar-refractivity contribution in [3.8, 4) is 5.75 Å². The van der Waals surface area contributed by atoms with E-state index in [1.165, 1.54) is 0 Å². The first-order valence-corrected chi connectivity index (χ1v) is 5.27. The monoisotopic (exact) mass is 231 g/mol. The number of carbonyl (C=O) groups is 1. The van der Waals surface area contributed by atoms with Gasteiger partial charge in [-0.1, -0.05) is 0 Å². The van der Waals surface area contributed by atoms with E-state index in [0.717, 1.165) is 0 Å². The number of aliphatic carboxylic acids is 1. The zero-order valence-corrected chi connectivity index (χ0v) is 9.11. The first-order valence-electron chi connectivity index (χ1n) is 4.45. The molecular formula is C8H14N3O3P. The van der Waals surface area contributed by atoms with Crippen LogP contribution < -0.4 is 11.5 Å². The number of nitrogens with two attached hydrogens (primary N) is 2. The van der Waals surface area contributed by atoms with Crippen LogP contribution in [0.15, 0.2) is 4.99 Å². The topological polar surface area (TPSA) is 119 Å². The van der Waals surface area contributed by atoms with Crippen LogP contribution in [0.25, 0.3) is 0 Å². The summed E-state index contributed by atoms with van der Waals surface area (Å²) in [5.74, 6) is 1.52. The molecule has 0 saturated carbocycles. The molecule has 15 heavy (non-hydrogen) atoms. The number of carboxylic acid groups (broad SMARTS) is 1. The Bertz CT molecular complexity index is 336. The molecule has 6 nitrogen and oxygen atoms in total. The Balaban J connectivity index is 3.66. The van der Waals surface area contributed by atoms with Crippen molar-refractivity contribution >= 4 is 19.7 Å². The second-order valence-electron chi connectivity index (χ2n) is 2.98. The van der Waals surface area contributed by atoms with Crippen LogP contribution in [0.3, 0.4) is 0 Å². The molecule has 1 atom stereocenters. The molecule has 0 fully saturated rings. The van der Waals surface area contributed by atoms with Crippen molar-refractivity contribution in [3.05, 3.63) is 0 Å². The van der Waals surface area contributed by atoms with Crippen molar-refractivity contribution in [1.82, 2.24) is 0 Å². The number of hydrogen-bond donors (Lipinski definition) is 3. The number of carboxylic acids is 1. The van der Waals surface area contributed by atoms with Crippen LogP contribution >= 0.6 is 7.92 Å². The number of nitrogens with zero attached hydrogens (tertiary/aromatic N) is 1. The normalized spacial score (nSPS) is 13.0. The van der Waals surface area contributed by atoms with Gasteiger partial charge in [-0.3, -0.25) is 0 Å². The van der Waals surface area contributed by atoms with E-state index in [-0.39, 0.29) is 7.92 Å². The van der Waals surface area contributed by atoms with E-state index in [1.807, 2.05) is 0 Å². The molecule has 7 heteroatoms. The third-order valence-corrected chi connectivity index (χ3v) is 1.93. The standard InChI is InChI=1S/C8H14N3O3P/c9-6(8(12)13)3-1-2-4-7(10)11-5-15-14/h6H,1-4,9H2,(H2,10,11)(H,12,13). The summed E-state index contributed by atoms with van der Waals surface area (Å²) < 4.78 is 9.95. The number of hydrogen-bond acceptors (Lipinski definition) is 4. The Morgan fingerprint density at radius 2 is 2.20 bits per heavy atom. The molecule has 0 aromatic carbocycles. The fourth-order valence-electron chi connectivity index (χ4n) is 0.934. The molecule has 0 spiro atoms. The van der Waals surface area contributed by atoms with Crippen molar-refractivity contribution in [2.24, 2.45) is 16.5 Å². The Hall–Kier alpha value is -1.09. The first kappa shape index (κ1) is 13.9. The van der Waals surface area contributed by atoms with E-state index in [0.29, 0.717) is 31.5 Å². The number of aliphatic imine (C=N–C) groups is 1. The van der Waals surface area contributed by atoms with Crippen molar-refractivity contribution in [2.75, 3.05) is 0 Å². The third kappa shape index (κ3) is 7.94. The molecule has 1 unspecified atom stereocenters. The van der Waals surface area contributed by atoms with Gasteiger partial charge in [0, 0.05) is 0 Å². The summed E-state index contributed by atoms with van der Waals surface area (Å²) in [5.41, 5.74) is 10.7. The van der Waals surface area contributed by atoms with Crippen LogP contribution in [0.1, 0.15) is 25.7 Å². The minimum absolute atomic E-state index is 0.302. The molecule has 84 valence electrons. The van der Waals surface area contributed by atoms with Gasteiger partial charge in [0.2, 0.25) is 0 Å². The predicted octanol–water partition coefficient (Wildman–Crippen LogP) is 0.524. The molecule has 5 N–H and O–H groups in total. The van der Waals surface area contributed by atoms with Gasteiger partial charge in [-0.25, -0.2) is 0 Å². The molecule has 0 bridgehead atoms. The second-order valence-corrected chi connectivity index (χ2v) is 3.37. The zero-order chi connectivity index (χ0) is 11.7. The van der Waals surface area contributed by atoms with Crippen molar-refractivity contribution < 1.29 is 14.5 Å². The molecule has 0 aliphatic rings. The van der Waals surface area contributed by atoms with Gasteiger partial charge in [-0.15, -0.1) is 0 Å². The molecule has 0 aromatic rings. The van der Waals surface area contributed by atoms with Gasteiger partial charge in [-0.05, 0) is 0 Å². The van der Waals surface area contributed by atoms with Crippen LogP contribution in [-0.2, 0) is 9.36 Å². The van der Waals surface area contributed by atoms with Gasteiger partial charge in [0.25, 0.3) is 0 Å². The molecular weight excluding hydrogens is 217 g/mol. The van der Waals surface area contributed by atoms with Crippen LogP contribution in [0.2, 0.25) is 0 Å². The SMILES string of the molecule is NC(CCCCC(N)C(=O)O)=NC#P=O. The Kier molecular flexibility index (Phi) is 7.64. The van der Waals surface area contributed by atoms with Crippen LogP contribution in [0.5, 0.6) is 0 Å². The van der Waals surface area contributed by atoms with E-state index in [1.54, 1.807) is 0 Å². The Morgan fingerprint density at radius 3 is 2.73 bits per heavy atom. The fourth-order valence-corrected chi connectivity index (χ4v) is 1.10. The van der Waals surface area contributed by atoms with Crippen LogP contribution in [0, 0.1) is 5.75 Å². The summed E-state index contributed by atoms with van der Waals surface area (Å²) in [4.78, 5) is 13.9. The van der Waals surface area contributed by atoms with E-state index in [4.69, 9.17) is 16.6 Å². The van der Waals surface area contributed by atoms with Crippen LogP contribution in [-0.4, -0.2) is 23.0 Å². The average molecular weight is 231 g/mol. The molecule has 0 aromatic heterocycles. The van der Waals surface area contributed by atoms with E-state index >= 15 is 0 Å². The van der Waals surface area contributed by atoms with Crippen molar-refractivity contribution in [3.63, 3.8) is 0 Å². The zero-order valence-electron chi connectivity index (χ0n) is 8.22. The van der Waals surface area contributed by atoms with Crippen LogP contribution in [0.4, 0.5) is 0 Å². The van der Waals surface area contributed by atoms with Gasteiger partial charge < -0.3 is 0 Å². The Labute approximate surface area is 88.9 Å². The molecule has 0 amide bonds. The van der Waals surface area contributed by atoms with E-state index in [9.17, 15) is 9.36 Å². The van der Waals surface area contributed by atoms with Gasteiger partial charge in [0.1, 0.15) is 0 Å². The third-order valence-electron chi connectivity index (χ3n) is 1.75. The molecule has 0 aliphatic carbocycles. The van der Waals surface area contributed by atoms with Gasteiger partial charge >= 0.3 is 88.1 Å². The number of unbranched alkanes of at least 4 members (excludes halogenated alkanes) is 1. The minimum atomic E-state index is -0.997. The van der Waals surface area contributed by atoms with E-state index < -0.39 is 12.0 Å². The second kappa shape index (κ2) is 8.24. The van der Waals surface area contributed by atoms with Crippen molar-refractivity contribution in [2.45, 2.75) is 31.7 Å². The molecule has 0 aliphatic heterocycles. The predicted molar refractivity (Wildman–Crippen MR) is 57.2 cm³/mol. The fraction of sp³-hybridized carbons (Fsp3) is 0.625. The quantitative estimate of drug-likeness (QED) is 0.266. The summed E-state index contributed by atoms with van der Waals surface area (Å²) in [6.07, 6.45) is 2.30. The summed E-state index contributed by atoms with van der Waals surface area (Å²) >= 11 is 0. The maximum absolute atomic E-state index is 10.3. The first-order chi connectivity index (χ1) is 7.07. The van der Waals surface area contributed by atoms with Gasteiger partial charge in [0.15, 0.2) is 0 Å². The summed E-state index contributed by atoms with van der Waals surface area (Å²) in [5, 5.41) is 8.49. The molecule has 0 radical (unpaired) electrons. The number of rotatable bonds is 6. The molecule has 0 heterocycles. The van der Waals surface area contributed by atoms with Gasteiger partial charge in [-0.2, -0.15) is 0 Å². The molecule has 0 saturated heterocycles. The van der Waals surface area contributed by atoms with E-state index in [2.05, 4.69) is 10.7 Å². The summed E-state index contributed by atoms with van der Waals surface area (Å²) in [6, 6.07) is -0.818.